The Hall–Kier alpha value is -2.67. The van der Waals surface area contributed by atoms with Gasteiger partial charge in [0.1, 0.15) is 0 Å². The molecule has 0 bridgehead atoms. The first-order valence-corrected chi connectivity index (χ1v) is 9.06. The lowest BCUT2D eigenvalue weighted by Gasteiger charge is -2.28. The van der Waals surface area contributed by atoms with Gasteiger partial charge in [0, 0.05) is 5.92 Å². The van der Waals surface area contributed by atoms with Crippen molar-refractivity contribution in [2.45, 2.75) is 31.1 Å². The zero-order valence-corrected chi connectivity index (χ0v) is 14.3. The first-order chi connectivity index (χ1) is 12.3. The molecule has 25 heavy (non-hydrogen) atoms. The average molecular weight is 326 g/mol. The Morgan fingerprint density at radius 3 is 1.96 bits per heavy atom. The number of carbonyl (C=O) groups is 1. The number of Topliss-reactive ketones (excluding diaryl/α,β-unsaturated/α-hetero) is 1. The van der Waals surface area contributed by atoms with Crippen molar-refractivity contribution >= 4 is 5.78 Å². The van der Waals surface area contributed by atoms with Crippen molar-refractivity contribution in [3.05, 3.63) is 107 Å². The second kappa shape index (κ2) is 7.06. The smallest absolute Gasteiger partial charge is 0.152 e. The van der Waals surface area contributed by atoms with Gasteiger partial charge in [0.05, 0.1) is 5.92 Å². The highest BCUT2D eigenvalue weighted by Gasteiger charge is 2.32. The summed E-state index contributed by atoms with van der Waals surface area (Å²) >= 11 is 0. The van der Waals surface area contributed by atoms with E-state index in [9.17, 15) is 4.79 Å². The third-order valence-corrected chi connectivity index (χ3v) is 5.26. The summed E-state index contributed by atoms with van der Waals surface area (Å²) in [7, 11) is 0. The van der Waals surface area contributed by atoms with Gasteiger partial charge in [-0.25, -0.2) is 0 Å². The Labute approximate surface area is 149 Å². The minimum atomic E-state index is -0.196. The molecule has 1 aliphatic rings. The fourth-order valence-corrected chi connectivity index (χ4v) is 4.06. The van der Waals surface area contributed by atoms with Crippen LogP contribution in [-0.4, -0.2) is 5.78 Å². The number of aryl methyl sites for hydroxylation is 1. The molecule has 4 rings (SSSR count). The summed E-state index contributed by atoms with van der Waals surface area (Å²) in [6, 6.07) is 28.9. The third-order valence-electron chi connectivity index (χ3n) is 5.26. The summed E-state index contributed by atoms with van der Waals surface area (Å²) in [5.74, 6) is 0.124. The molecule has 0 radical (unpaired) electrons. The number of fused-ring (bicyclic) bond motifs is 1. The number of ketones is 1. The van der Waals surface area contributed by atoms with Gasteiger partial charge in [-0.3, -0.25) is 4.79 Å². The minimum absolute atomic E-state index is 0.00429. The molecule has 1 aliphatic carbocycles. The fourth-order valence-electron chi connectivity index (χ4n) is 4.06. The van der Waals surface area contributed by atoms with Crippen LogP contribution in [0.4, 0.5) is 0 Å². The maximum Gasteiger partial charge on any atom is 0.152 e. The SMILES string of the molecule is O=C(C1CCCc2ccccc21)C(c1ccccc1)c1ccccc1. The molecule has 0 saturated carbocycles. The molecule has 0 aromatic heterocycles. The zero-order chi connectivity index (χ0) is 17.1. The van der Waals surface area contributed by atoms with Gasteiger partial charge in [-0.15, -0.1) is 0 Å². The lowest BCUT2D eigenvalue weighted by molar-refractivity contribution is -0.121. The summed E-state index contributed by atoms with van der Waals surface area (Å²) in [6.07, 6.45) is 3.12. The highest BCUT2D eigenvalue weighted by molar-refractivity contribution is 5.94. The largest absolute Gasteiger partial charge is 0.298 e. The molecule has 1 unspecified atom stereocenters. The molecule has 0 fully saturated rings. The van der Waals surface area contributed by atoms with Gasteiger partial charge in [0.25, 0.3) is 0 Å². The van der Waals surface area contributed by atoms with Crippen LogP contribution in [-0.2, 0) is 11.2 Å². The van der Waals surface area contributed by atoms with Gasteiger partial charge in [-0.05, 0) is 41.5 Å². The van der Waals surface area contributed by atoms with Crippen molar-refractivity contribution in [2.24, 2.45) is 0 Å². The van der Waals surface area contributed by atoms with Crippen molar-refractivity contribution < 1.29 is 4.79 Å². The highest BCUT2D eigenvalue weighted by atomic mass is 16.1. The first-order valence-electron chi connectivity index (χ1n) is 9.06. The van der Waals surface area contributed by atoms with E-state index in [-0.39, 0.29) is 11.8 Å². The number of rotatable bonds is 4. The Kier molecular flexibility index (Phi) is 4.47. The van der Waals surface area contributed by atoms with Gasteiger partial charge in [-0.2, -0.15) is 0 Å². The van der Waals surface area contributed by atoms with E-state index in [2.05, 4.69) is 48.5 Å². The van der Waals surface area contributed by atoms with Crippen molar-refractivity contribution in [3.8, 4) is 0 Å². The molecule has 3 aromatic carbocycles. The number of hydrogen-bond acceptors (Lipinski definition) is 1. The van der Waals surface area contributed by atoms with E-state index in [1.165, 1.54) is 11.1 Å². The molecule has 0 N–H and O–H groups in total. The molecular weight excluding hydrogens is 304 g/mol. The van der Waals surface area contributed by atoms with Crippen LogP contribution in [0.15, 0.2) is 84.9 Å². The molecule has 3 aromatic rings. The van der Waals surface area contributed by atoms with E-state index >= 15 is 0 Å². The van der Waals surface area contributed by atoms with E-state index in [1.807, 2.05) is 36.4 Å². The summed E-state index contributed by atoms with van der Waals surface area (Å²) in [4.78, 5) is 13.7. The predicted octanol–water partition coefficient (Wildman–Crippen LogP) is 5.51. The Morgan fingerprint density at radius 1 is 0.760 bits per heavy atom. The van der Waals surface area contributed by atoms with Crippen LogP contribution in [0.5, 0.6) is 0 Å². The van der Waals surface area contributed by atoms with Crippen LogP contribution in [0, 0.1) is 0 Å². The molecule has 1 nitrogen and oxygen atoms in total. The molecular formula is C24H22O. The first kappa shape index (κ1) is 15.8. The monoisotopic (exact) mass is 326 g/mol. The Morgan fingerprint density at radius 2 is 1.32 bits per heavy atom. The van der Waals surface area contributed by atoms with Gasteiger partial charge >= 0.3 is 0 Å². The van der Waals surface area contributed by atoms with E-state index < -0.39 is 0 Å². The van der Waals surface area contributed by atoms with Gasteiger partial charge in [-0.1, -0.05) is 84.9 Å². The standard InChI is InChI=1S/C24H22O/c25-24(22-17-9-15-18-10-7-8-16-21(18)22)23(19-11-3-1-4-12-19)20-13-5-2-6-14-20/h1-8,10-14,16,22-23H,9,15,17H2. The van der Waals surface area contributed by atoms with Crippen molar-refractivity contribution in [3.63, 3.8) is 0 Å². The quantitative estimate of drug-likeness (QED) is 0.618. The maximum absolute atomic E-state index is 13.7. The summed E-state index contributed by atoms with van der Waals surface area (Å²) in [6.45, 7) is 0. The average Bonchev–Trinajstić information content (AvgIpc) is 2.69. The minimum Gasteiger partial charge on any atom is -0.298 e. The van der Waals surface area contributed by atoms with E-state index in [4.69, 9.17) is 0 Å². The van der Waals surface area contributed by atoms with Crippen LogP contribution < -0.4 is 0 Å². The molecule has 1 atom stereocenters. The van der Waals surface area contributed by atoms with E-state index in [1.54, 1.807) is 0 Å². The molecule has 1 heteroatoms. The van der Waals surface area contributed by atoms with Crippen LogP contribution >= 0.6 is 0 Å². The number of carbonyl (C=O) groups excluding carboxylic acids is 1. The third kappa shape index (κ3) is 3.15. The van der Waals surface area contributed by atoms with Gasteiger partial charge in [0.15, 0.2) is 5.78 Å². The van der Waals surface area contributed by atoms with Crippen LogP contribution in [0.2, 0.25) is 0 Å². The zero-order valence-electron chi connectivity index (χ0n) is 14.3. The van der Waals surface area contributed by atoms with Crippen molar-refractivity contribution in [1.82, 2.24) is 0 Å². The molecule has 124 valence electrons. The number of benzene rings is 3. The summed E-state index contributed by atoms with van der Waals surface area (Å²) in [5.41, 5.74) is 4.74. The molecule has 0 saturated heterocycles. The summed E-state index contributed by atoms with van der Waals surface area (Å²) in [5, 5.41) is 0. The normalized spacial score (nSPS) is 16.4. The van der Waals surface area contributed by atoms with Crippen molar-refractivity contribution in [2.75, 3.05) is 0 Å². The molecule has 0 aliphatic heterocycles. The Balaban J connectivity index is 1.77. The van der Waals surface area contributed by atoms with E-state index in [0.29, 0.717) is 5.78 Å². The molecule has 0 spiro atoms. The second-order valence-corrected chi connectivity index (χ2v) is 6.80. The topological polar surface area (TPSA) is 17.1 Å². The lowest BCUT2D eigenvalue weighted by Crippen LogP contribution is -2.25. The predicted molar refractivity (Wildman–Crippen MR) is 102 cm³/mol. The number of hydrogen-bond donors (Lipinski definition) is 0. The molecule has 0 amide bonds. The summed E-state index contributed by atoms with van der Waals surface area (Å²) < 4.78 is 0. The molecule has 0 heterocycles. The highest BCUT2D eigenvalue weighted by Crippen LogP contribution is 2.38. The Bertz CT molecular complexity index is 812. The van der Waals surface area contributed by atoms with Gasteiger partial charge < -0.3 is 0 Å². The van der Waals surface area contributed by atoms with Crippen molar-refractivity contribution in [1.29, 1.82) is 0 Å². The van der Waals surface area contributed by atoms with E-state index in [0.717, 1.165) is 30.4 Å². The van der Waals surface area contributed by atoms with Crippen LogP contribution in [0.1, 0.15) is 46.9 Å². The maximum atomic E-state index is 13.7. The van der Waals surface area contributed by atoms with Gasteiger partial charge in [0.2, 0.25) is 0 Å². The second-order valence-electron chi connectivity index (χ2n) is 6.80. The van der Waals surface area contributed by atoms with Crippen LogP contribution in [0.3, 0.4) is 0 Å². The lowest BCUT2D eigenvalue weighted by atomic mass is 9.74. The fraction of sp³-hybridized carbons (Fsp3) is 0.208. The van der Waals surface area contributed by atoms with Crippen LogP contribution in [0.25, 0.3) is 0 Å².